The van der Waals surface area contributed by atoms with Gasteiger partial charge in [0.2, 0.25) is 17.7 Å². The van der Waals surface area contributed by atoms with E-state index in [9.17, 15) is 34.2 Å². The molecule has 3 amide bonds. The van der Waals surface area contributed by atoms with Crippen LogP contribution in [-0.4, -0.2) is 91.7 Å². The number of aromatic nitrogens is 1. The van der Waals surface area contributed by atoms with E-state index in [1.54, 1.807) is 6.20 Å². The minimum atomic E-state index is -1.54. The quantitative estimate of drug-likeness (QED) is 0.193. The van der Waals surface area contributed by atoms with Crippen molar-refractivity contribution >= 4 is 40.6 Å². The number of hydrogen-bond donors (Lipinski definition) is 7. The van der Waals surface area contributed by atoms with Crippen LogP contribution in [0.3, 0.4) is 0 Å². The van der Waals surface area contributed by atoms with Crippen molar-refractivity contribution in [3.8, 4) is 0 Å². The average molecular weight is 518 g/mol. The van der Waals surface area contributed by atoms with Crippen LogP contribution < -0.4 is 16.4 Å². The second kappa shape index (κ2) is 11.8. The van der Waals surface area contributed by atoms with E-state index in [1.807, 2.05) is 24.3 Å². The van der Waals surface area contributed by atoms with Crippen LogP contribution in [-0.2, 0) is 30.4 Å². The van der Waals surface area contributed by atoms with Gasteiger partial charge in [0, 0.05) is 30.1 Å². The maximum Gasteiger partial charge on any atom is 0.326 e. The van der Waals surface area contributed by atoms with Crippen molar-refractivity contribution in [3.63, 3.8) is 0 Å². The average Bonchev–Trinajstić information content (AvgIpc) is 3.48. The zero-order chi connectivity index (χ0) is 27.3. The van der Waals surface area contributed by atoms with Gasteiger partial charge in [-0.25, -0.2) is 4.79 Å². The van der Waals surface area contributed by atoms with Crippen LogP contribution in [0.5, 0.6) is 0 Å². The first kappa shape index (κ1) is 27.6. The molecule has 1 saturated heterocycles. The molecule has 1 fully saturated rings. The molecule has 1 aromatic heterocycles. The standard InChI is InChI=1S/C24H31N5O8/c1-12(30)20(28-21(33)15(25)10-19(31)32)22(34)27-17(23(35)29-8-4-7-18(29)24(36)37)9-13-11-26-16-6-3-2-5-14(13)16/h2-3,5-6,11-12,15,17-18,20,26,30H,4,7-10,25H2,1H3,(H,27,34)(H,28,33)(H,31,32)(H,36,37). The molecule has 0 aliphatic carbocycles. The number of nitrogens with two attached hydrogens (primary N) is 1. The van der Waals surface area contributed by atoms with Crippen LogP contribution in [0.2, 0.25) is 0 Å². The summed E-state index contributed by atoms with van der Waals surface area (Å²) >= 11 is 0. The summed E-state index contributed by atoms with van der Waals surface area (Å²) in [6.07, 6.45) is 0.369. The first-order valence-corrected chi connectivity index (χ1v) is 11.8. The number of carbonyl (C=O) groups is 5. The number of rotatable bonds is 11. The van der Waals surface area contributed by atoms with Gasteiger partial charge in [0.1, 0.15) is 18.1 Å². The first-order chi connectivity index (χ1) is 17.5. The number of para-hydroxylation sites is 1. The monoisotopic (exact) mass is 517 g/mol. The van der Waals surface area contributed by atoms with Gasteiger partial charge in [0.25, 0.3) is 0 Å². The highest BCUT2D eigenvalue weighted by atomic mass is 16.4. The maximum absolute atomic E-state index is 13.5. The van der Waals surface area contributed by atoms with Gasteiger partial charge in [0.15, 0.2) is 0 Å². The predicted octanol–water partition coefficient (Wildman–Crippen LogP) is -1.06. The highest BCUT2D eigenvalue weighted by Gasteiger charge is 2.39. The van der Waals surface area contributed by atoms with Crippen molar-refractivity contribution in [2.75, 3.05) is 6.54 Å². The lowest BCUT2D eigenvalue weighted by atomic mass is 10.0. The van der Waals surface area contributed by atoms with Crippen LogP contribution in [0, 0.1) is 0 Å². The van der Waals surface area contributed by atoms with E-state index in [-0.39, 0.29) is 19.4 Å². The van der Waals surface area contributed by atoms with Gasteiger partial charge < -0.3 is 41.6 Å². The lowest BCUT2D eigenvalue weighted by molar-refractivity contribution is -0.149. The van der Waals surface area contributed by atoms with Crippen LogP contribution in [0.15, 0.2) is 30.5 Å². The smallest absolute Gasteiger partial charge is 0.326 e. The third-order valence-electron chi connectivity index (χ3n) is 6.33. The van der Waals surface area contributed by atoms with E-state index in [0.29, 0.717) is 12.0 Å². The van der Waals surface area contributed by atoms with Crippen molar-refractivity contribution < 1.29 is 39.3 Å². The Morgan fingerprint density at radius 2 is 1.84 bits per heavy atom. The van der Waals surface area contributed by atoms with Gasteiger partial charge in [-0.05, 0) is 31.4 Å². The number of likely N-dealkylation sites (tertiary alicyclic amines) is 1. The molecule has 1 aromatic carbocycles. The fraction of sp³-hybridized carbons (Fsp3) is 0.458. The molecule has 1 aliphatic heterocycles. The number of aliphatic hydroxyl groups excluding tert-OH is 1. The number of carboxylic acids is 2. The van der Waals surface area contributed by atoms with Gasteiger partial charge in [0.05, 0.1) is 18.6 Å². The fourth-order valence-electron chi connectivity index (χ4n) is 4.42. The summed E-state index contributed by atoms with van der Waals surface area (Å²) in [5.74, 6) is -4.95. The number of nitrogens with one attached hydrogen (secondary N) is 3. The van der Waals surface area contributed by atoms with Crippen molar-refractivity contribution in [2.45, 2.75) is 62.9 Å². The minimum Gasteiger partial charge on any atom is -0.481 e. The third kappa shape index (κ3) is 6.62. The Morgan fingerprint density at radius 3 is 2.49 bits per heavy atom. The molecule has 5 atom stereocenters. The summed E-state index contributed by atoms with van der Waals surface area (Å²) in [5, 5.41) is 34.2. The van der Waals surface area contributed by atoms with E-state index in [2.05, 4.69) is 15.6 Å². The molecule has 3 rings (SSSR count). The molecule has 8 N–H and O–H groups in total. The minimum absolute atomic E-state index is 0.0103. The van der Waals surface area contributed by atoms with Gasteiger partial charge in [-0.3, -0.25) is 19.2 Å². The van der Waals surface area contributed by atoms with E-state index >= 15 is 0 Å². The van der Waals surface area contributed by atoms with Gasteiger partial charge in [-0.15, -0.1) is 0 Å². The number of aromatic amines is 1. The molecule has 5 unspecified atom stereocenters. The number of benzene rings is 1. The maximum atomic E-state index is 13.5. The van der Waals surface area contributed by atoms with Gasteiger partial charge in [-0.2, -0.15) is 0 Å². The Hall–Kier alpha value is -3.97. The van der Waals surface area contributed by atoms with Crippen molar-refractivity contribution in [1.29, 1.82) is 0 Å². The number of fused-ring (bicyclic) bond motifs is 1. The SMILES string of the molecule is CC(O)C(NC(=O)C(N)CC(=O)O)C(=O)NC(Cc1c[nH]c2ccccc12)C(=O)N1CCCC1C(=O)O. The molecule has 1 aliphatic rings. The number of carboxylic acid groups (broad SMARTS) is 2. The molecular weight excluding hydrogens is 486 g/mol. The summed E-state index contributed by atoms with van der Waals surface area (Å²) in [4.78, 5) is 65.8. The Kier molecular flexibility index (Phi) is 8.84. The number of aliphatic carboxylic acids is 2. The second-order valence-electron chi connectivity index (χ2n) is 9.08. The van der Waals surface area contributed by atoms with E-state index in [1.165, 1.54) is 11.8 Å². The normalized spacial score (nSPS) is 18.6. The van der Waals surface area contributed by atoms with E-state index in [0.717, 1.165) is 10.9 Å². The second-order valence-corrected chi connectivity index (χ2v) is 9.08. The molecule has 13 nitrogen and oxygen atoms in total. The van der Waals surface area contributed by atoms with Crippen LogP contribution in [0.25, 0.3) is 10.9 Å². The molecule has 0 bridgehead atoms. The van der Waals surface area contributed by atoms with Crippen LogP contribution in [0.4, 0.5) is 0 Å². The number of carbonyl (C=O) groups excluding carboxylic acids is 3. The van der Waals surface area contributed by atoms with Crippen molar-refractivity contribution in [3.05, 3.63) is 36.0 Å². The number of hydrogen-bond acceptors (Lipinski definition) is 7. The zero-order valence-corrected chi connectivity index (χ0v) is 20.2. The van der Waals surface area contributed by atoms with Gasteiger partial charge in [-0.1, -0.05) is 18.2 Å². The summed E-state index contributed by atoms with van der Waals surface area (Å²) in [5.41, 5.74) is 7.06. The first-order valence-electron chi connectivity index (χ1n) is 11.8. The predicted molar refractivity (Wildman–Crippen MR) is 130 cm³/mol. The zero-order valence-electron chi connectivity index (χ0n) is 20.2. The molecule has 0 radical (unpaired) electrons. The Morgan fingerprint density at radius 1 is 1.14 bits per heavy atom. The Bertz CT molecular complexity index is 1180. The third-order valence-corrected chi connectivity index (χ3v) is 6.33. The topological polar surface area (TPSA) is 215 Å². The lowest BCUT2D eigenvalue weighted by Gasteiger charge is -2.29. The molecular formula is C24H31N5O8. The molecule has 13 heteroatoms. The highest BCUT2D eigenvalue weighted by Crippen LogP contribution is 2.23. The molecule has 0 spiro atoms. The lowest BCUT2D eigenvalue weighted by Crippen LogP contribution is -2.60. The number of nitrogens with zero attached hydrogens (tertiary/aromatic N) is 1. The number of amides is 3. The molecule has 0 saturated carbocycles. The summed E-state index contributed by atoms with van der Waals surface area (Å²) in [6.45, 7) is 1.45. The summed E-state index contributed by atoms with van der Waals surface area (Å²) in [7, 11) is 0. The largest absolute Gasteiger partial charge is 0.481 e. The number of aliphatic hydroxyl groups is 1. The van der Waals surface area contributed by atoms with E-state index in [4.69, 9.17) is 10.8 Å². The molecule has 37 heavy (non-hydrogen) atoms. The van der Waals surface area contributed by atoms with Crippen LogP contribution >= 0.6 is 0 Å². The summed E-state index contributed by atoms with van der Waals surface area (Å²) < 4.78 is 0. The Labute approximate surface area is 212 Å². The fourth-order valence-corrected chi connectivity index (χ4v) is 4.42. The number of H-pyrrole nitrogens is 1. The van der Waals surface area contributed by atoms with Gasteiger partial charge >= 0.3 is 11.9 Å². The Balaban J connectivity index is 1.86. The summed E-state index contributed by atoms with van der Waals surface area (Å²) in [6, 6.07) is 2.08. The van der Waals surface area contributed by atoms with E-state index < -0.39 is 66.4 Å². The highest BCUT2D eigenvalue weighted by molar-refractivity contribution is 5.95. The molecule has 2 aromatic rings. The molecule has 200 valence electrons. The molecule has 2 heterocycles. The van der Waals surface area contributed by atoms with Crippen LogP contribution in [0.1, 0.15) is 31.7 Å². The van der Waals surface area contributed by atoms with Crippen molar-refractivity contribution in [1.82, 2.24) is 20.5 Å². The van der Waals surface area contributed by atoms with Crippen molar-refractivity contribution in [2.24, 2.45) is 5.73 Å².